The molecule has 0 bridgehead atoms. The third kappa shape index (κ3) is 3.34. The second-order valence-corrected chi connectivity index (χ2v) is 5.72. The molecule has 1 atom stereocenters. The number of carbonyl (C=O) groups excluding carboxylic acids is 1. The van der Waals surface area contributed by atoms with Crippen molar-refractivity contribution < 1.29 is 19.4 Å². The lowest BCUT2D eigenvalue weighted by Crippen LogP contribution is -2.39. The SMILES string of the molecule is O=C(NCC(C(=O)O)C1CCOCC1)c1n[nH]c2ccccc12. The van der Waals surface area contributed by atoms with Gasteiger partial charge in [-0.05, 0) is 24.8 Å². The van der Waals surface area contributed by atoms with E-state index in [0.29, 0.717) is 26.1 Å². The molecule has 0 spiro atoms. The molecule has 7 nitrogen and oxygen atoms in total. The van der Waals surface area contributed by atoms with Crippen LogP contribution in [0.2, 0.25) is 0 Å². The van der Waals surface area contributed by atoms with Gasteiger partial charge in [-0.15, -0.1) is 0 Å². The van der Waals surface area contributed by atoms with Crippen LogP contribution in [0, 0.1) is 11.8 Å². The van der Waals surface area contributed by atoms with Gasteiger partial charge in [0, 0.05) is 25.1 Å². The number of ether oxygens (including phenoxy) is 1. The lowest BCUT2D eigenvalue weighted by molar-refractivity contribution is -0.144. The highest BCUT2D eigenvalue weighted by Gasteiger charge is 2.30. The molecule has 2 heterocycles. The number of hydrogen-bond donors (Lipinski definition) is 3. The van der Waals surface area contributed by atoms with Crippen molar-refractivity contribution in [1.82, 2.24) is 15.5 Å². The van der Waals surface area contributed by atoms with Crippen LogP contribution in [0.3, 0.4) is 0 Å². The zero-order chi connectivity index (χ0) is 16.2. The molecule has 3 rings (SSSR count). The summed E-state index contributed by atoms with van der Waals surface area (Å²) in [5, 5.41) is 19.7. The summed E-state index contributed by atoms with van der Waals surface area (Å²) in [6.45, 7) is 1.25. The highest BCUT2D eigenvalue weighted by molar-refractivity contribution is 6.04. The number of carbonyl (C=O) groups is 2. The number of fused-ring (bicyclic) bond motifs is 1. The monoisotopic (exact) mass is 317 g/mol. The van der Waals surface area contributed by atoms with Crippen molar-refractivity contribution in [3.8, 4) is 0 Å². The first-order chi connectivity index (χ1) is 11.2. The number of rotatable bonds is 5. The predicted octanol–water partition coefficient (Wildman–Crippen LogP) is 1.42. The Labute approximate surface area is 133 Å². The van der Waals surface area contributed by atoms with Crippen LogP contribution >= 0.6 is 0 Å². The van der Waals surface area contributed by atoms with Gasteiger partial charge < -0.3 is 15.2 Å². The summed E-state index contributed by atoms with van der Waals surface area (Å²) < 4.78 is 5.27. The molecular weight excluding hydrogens is 298 g/mol. The number of aromatic nitrogens is 2. The summed E-state index contributed by atoms with van der Waals surface area (Å²) >= 11 is 0. The summed E-state index contributed by atoms with van der Waals surface area (Å²) in [4.78, 5) is 23.8. The summed E-state index contributed by atoms with van der Waals surface area (Å²) in [6, 6.07) is 7.33. The maximum Gasteiger partial charge on any atom is 0.308 e. The number of nitrogens with zero attached hydrogens (tertiary/aromatic N) is 1. The van der Waals surface area contributed by atoms with Gasteiger partial charge in [0.1, 0.15) is 0 Å². The van der Waals surface area contributed by atoms with Crippen molar-refractivity contribution in [2.24, 2.45) is 11.8 Å². The molecule has 3 N–H and O–H groups in total. The molecule has 1 unspecified atom stereocenters. The lowest BCUT2D eigenvalue weighted by atomic mass is 9.86. The number of aromatic amines is 1. The Morgan fingerprint density at radius 3 is 2.83 bits per heavy atom. The van der Waals surface area contributed by atoms with Gasteiger partial charge in [0.2, 0.25) is 0 Å². The van der Waals surface area contributed by atoms with Crippen LogP contribution in [-0.4, -0.2) is 46.9 Å². The summed E-state index contributed by atoms with van der Waals surface area (Å²) in [7, 11) is 0. The van der Waals surface area contributed by atoms with Crippen molar-refractivity contribution in [3.05, 3.63) is 30.0 Å². The topological polar surface area (TPSA) is 104 Å². The Kier molecular flexibility index (Phi) is 4.57. The molecular formula is C16H19N3O4. The Hall–Kier alpha value is -2.41. The first kappa shape index (κ1) is 15.5. The third-order valence-corrected chi connectivity index (χ3v) is 4.32. The van der Waals surface area contributed by atoms with E-state index in [-0.39, 0.29) is 24.1 Å². The predicted molar refractivity (Wildman–Crippen MR) is 83.1 cm³/mol. The Balaban J connectivity index is 1.68. The normalized spacial score (nSPS) is 17.0. The molecule has 122 valence electrons. The minimum Gasteiger partial charge on any atom is -0.481 e. The molecule has 1 aliphatic heterocycles. The highest BCUT2D eigenvalue weighted by atomic mass is 16.5. The molecule has 23 heavy (non-hydrogen) atoms. The van der Waals surface area contributed by atoms with Gasteiger partial charge in [0.25, 0.3) is 5.91 Å². The minimum atomic E-state index is -0.885. The van der Waals surface area contributed by atoms with Crippen molar-refractivity contribution in [2.45, 2.75) is 12.8 Å². The van der Waals surface area contributed by atoms with Crippen molar-refractivity contribution >= 4 is 22.8 Å². The van der Waals surface area contributed by atoms with E-state index in [0.717, 1.165) is 10.9 Å². The fourth-order valence-electron chi connectivity index (χ4n) is 3.00. The number of nitrogens with one attached hydrogen (secondary N) is 2. The molecule has 0 aliphatic carbocycles. The van der Waals surface area contributed by atoms with E-state index in [2.05, 4.69) is 15.5 Å². The molecule has 1 fully saturated rings. The van der Waals surface area contributed by atoms with E-state index >= 15 is 0 Å². The minimum absolute atomic E-state index is 0.0254. The number of carboxylic acids is 1. The number of para-hydroxylation sites is 1. The Morgan fingerprint density at radius 1 is 1.35 bits per heavy atom. The van der Waals surface area contributed by atoms with Gasteiger partial charge in [-0.25, -0.2) is 0 Å². The molecule has 1 aromatic heterocycles. The van der Waals surface area contributed by atoms with Gasteiger partial charge >= 0.3 is 5.97 Å². The zero-order valence-electron chi connectivity index (χ0n) is 12.6. The van der Waals surface area contributed by atoms with Crippen LogP contribution in [0.15, 0.2) is 24.3 Å². The molecule has 2 aromatic rings. The van der Waals surface area contributed by atoms with Crippen molar-refractivity contribution in [3.63, 3.8) is 0 Å². The second-order valence-electron chi connectivity index (χ2n) is 5.72. The average molecular weight is 317 g/mol. The lowest BCUT2D eigenvalue weighted by Gasteiger charge is -2.27. The highest BCUT2D eigenvalue weighted by Crippen LogP contribution is 2.24. The Morgan fingerprint density at radius 2 is 2.09 bits per heavy atom. The zero-order valence-corrected chi connectivity index (χ0v) is 12.6. The maximum absolute atomic E-state index is 12.3. The van der Waals surface area contributed by atoms with Gasteiger partial charge in [-0.3, -0.25) is 14.7 Å². The number of aliphatic carboxylic acids is 1. The average Bonchev–Trinajstić information content (AvgIpc) is 2.99. The summed E-state index contributed by atoms with van der Waals surface area (Å²) in [5.74, 6) is -1.82. The molecule has 1 aromatic carbocycles. The fraction of sp³-hybridized carbons (Fsp3) is 0.438. The molecule has 1 amide bonds. The van der Waals surface area contributed by atoms with Crippen LogP contribution < -0.4 is 5.32 Å². The van der Waals surface area contributed by atoms with Gasteiger partial charge in [0.05, 0.1) is 11.4 Å². The number of hydrogen-bond acceptors (Lipinski definition) is 4. The maximum atomic E-state index is 12.3. The number of H-pyrrole nitrogens is 1. The van der Waals surface area contributed by atoms with Crippen LogP contribution in [0.1, 0.15) is 23.3 Å². The number of benzene rings is 1. The molecule has 0 saturated carbocycles. The van der Waals surface area contributed by atoms with Crippen molar-refractivity contribution in [1.29, 1.82) is 0 Å². The van der Waals surface area contributed by atoms with Crippen LogP contribution in [0.25, 0.3) is 10.9 Å². The van der Waals surface area contributed by atoms with Crippen LogP contribution in [0.4, 0.5) is 0 Å². The molecule has 7 heteroatoms. The number of amides is 1. The first-order valence-corrected chi connectivity index (χ1v) is 7.68. The van der Waals surface area contributed by atoms with Gasteiger partial charge in [0.15, 0.2) is 5.69 Å². The van der Waals surface area contributed by atoms with E-state index in [4.69, 9.17) is 4.74 Å². The molecule has 1 aliphatic rings. The quantitative estimate of drug-likeness (QED) is 0.773. The standard InChI is InChI=1S/C16H19N3O4/c20-15(14-11-3-1-2-4-13(11)18-19-14)17-9-12(16(21)22)10-5-7-23-8-6-10/h1-4,10,12H,5-9H2,(H,17,20)(H,18,19)(H,21,22). The van der Waals surface area contributed by atoms with E-state index in [1.165, 1.54) is 0 Å². The molecule has 0 radical (unpaired) electrons. The second kappa shape index (κ2) is 6.78. The van der Waals surface area contributed by atoms with E-state index in [9.17, 15) is 14.7 Å². The smallest absolute Gasteiger partial charge is 0.308 e. The van der Waals surface area contributed by atoms with E-state index < -0.39 is 11.9 Å². The van der Waals surface area contributed by atoms with Crippen LogP contribution in [0.5, 0.6) is 0 Å². The fourth-order valence-corrected chi connectivity index (χ4v) is 3.00. The largest absolute Gasteiger partial charge is 0.481 e. The van der Waals surface area contributed by atoms with E-state index in [1.54, 1.807) is 6.07 Å². The molecule has 1 saturated heterocycles. The van der Waals surface area contributed by atoms with Gasteiger partial charge in [-0.2, -0.15) is 5.10 Å². The van der Waals surface area contributed by atoms with Crippen LogP contribution in [-0.2, 0) is 9.53 Å². The van der Waals surface area contributed by atoms with E-state index in [1.807, 2.05) is 18.2 Å². The Bertz CT molecular complexity index is 706. The van der Waals surface area contributed by atoms with Gasteiger partial charge in [-0.1, -0.05) is 18.2 Å². The summed E-state index contributed by atoms with van der Waals surface area (Å²) in [5.41, 5.74) is 1.06. The summed E-state index contributed by atoms with van der Waals surface area (Å²) in [6.07, 6.45) is 1.41. The third-order valence-electron chi connectivity index (χ3n) is 4.32. The first-order valence-electron chi connectivity index (χ1n) is 7.68. The van der Waals surface area contributed by atoms with Crippen molar-refractivity contribution in [2.75, 3.05) is 19.8 Å². The number of carboxylic acid groups (broad SMARTS) is 1.